The van der Waals surface area contributed by atoms with E-state index in [2.05, 4.69) is 38.0 Å². The van der Waals surface area contributed by atoms with Crippen LogP contribution in [0.3, 0.4) is 0 Å². The smallest absolute Gasteiger partial charge is 0.129 e. The first-order chi connectivity index (χ1) is 7.76. The number of nitrogens with one attached hydrogen (secondary N) is 1. The second-order valence-corrected chi connectivity index (χ2v) is 6.31. The van der Waals surface area contributed by atoms with E-state index < -0.39 is 0 Å². The number of aromatic nitrogens is 1. The third-order valence-electron chi connectivity index (χ3n) is 4.89. The molecule has 94 valence electrons. The third kappa shape index (κ3) is 1.88. The zero-order valence-corrected chi connectivity index (χ0v) is 11.5. The van der Waals surface area contributed by atoms with Gasteiger partial charge in [0, 0.05) is 6.54 Å². The van der Waals surface area contributed by atoms with E-state index in [-0.39, 0.29) is 0 Å². The molecule has 0 bridgehead atoms. The predicted octanol–water partition coefficient (Wildman–Crippen LogP) is 3.07. The molecule has 0 aliphatic heterocycles. The molecule has 0 amide bonds. The number of pyridine rings is 1. The molecule has 1 aromatic rings. The van der Waals surface area contributed by atoms with Crippen molar-refractivity contribution in [2.45, 2.75) is 34.6 Å². The first-order valence-corrected chi connectivity index (χ1v) is 6.23. The van der Waals surface area contributed by atoms with Crippen molar-refractivity contribution in [1.82, 2.24) is 4.98 Å². The standard InChI is InChI=1S/C14H23N3/c1-9-6-10(15)7-16-12(9)17-8-11-13(2,3)14(11,4)5/h6-7,11H,8,15H2,1-5H3,(H,16,17). The van der Waals surface area contributed by atoms with Crippen LogP contribution < -0.4 is 11.1 Å². The van der Waals surface area contributed by atoms with Crippen molar-refractivity contribution in [2.24, 2.45) is 16.7 Å². The molecule has 1 heterocycles. The number of nitrogens with two attached hydrogens (primary N) is 1. The summed E-state index contributed by atoms with van der Waals surface area (Å²) in [6.07, 6.45) is 1.71. The second kappa shape index (κ2) is 3.62. The normalized spacial score (nSPS) is 21.2. The van der Waals surface area contributed by atoms with E-state index in [1.165, 1.54) is 0 Å². The van der Waals surface area contributed by atoms with Crippen molar-refractivity contribution in [3.05, 3.63) is 17.8 Å². The molecule has 0 atom stereocenters. The molecule has 1 saturated carbocycles. The van der Waals surface area contributed by atoms with Crippen molar-refractivity contribution in [3.63, 3.8) is 0 Å². The number of aryl methyl sites for hydroxylation is 1. The summed E-state index contributed by atoms with van der Waals surface area (Å²) in [6, 6.07) is 1.96. The van der Waals surface area contributed by atoms with Gasteiger partial charge in [-0.1, -0.05) is 27.7 Å². The highest BCUT2D eigenvalue weighted by Gasteiger charge is 2.64. The Bertz CT molecular complexity index is 421. The summed E-state index contributed by atoms with van der Waals surface area (Å²) in [4.78, 5) is 4.34. The van der Waals surface area contributed by atoms with Crippen LogP contribution in [0.25, 0.3) is 0 Å². The lowest BCUT2D eigenvalue weighted by atomic mass is 10.0. The molecule has 0 saturated heterocycles. The Morgan fingerprint density at radius 3 is 2.35 bits per heavy atom. The fourth-order valence-corrected chi connectivity index (χ4v) is 2.82. The molecule has 0 aromatic carbocycles. The van der Waals surface area contributed by atoms with Gasteiger partial charge >= 0.3 is 0 Å². The highest BCUT2D eigenvalue weighted by molar-refractivity contribution is 5.51. The van der Waals surface area contributed by atoms with Crippen LogP contribution >= 0.6 is 0 Å². The van der Waals surface area contributed by atoms with Crippen LogP contribution in [0.2, 0.25) is 0 Å². The van der Waals surface area contributed by atoms with E-state index in [1.54, 1.807) is 6.20 Å². The highest BCUT2D eigenvalue weighted by Crippen LogP contribution is 2.68. The molecule has 1 aromatic heterocycles. The fraction of sp³-hybridized carbons (Fsp3) is 0.643. The maximum Gasteiger partial charge on any atom is 0.129 e. The summed E-state index contributed by atoms with van der Waals surface area (Å²) >= 11 is 0. The van der Waals surface area contributed by atoms with Crippen molar-refractivity contribution in [1.29, 1.82) is 0 Å². The van der Waals surface area contributed by atoms with Gasteiger partial charge in [-0.3, -0.25) is 0 Å². The lowest BCUT2D eigenvalue weighted by Crippen LogP contribution is -2.10. The Labute approximate surface area is 104 Å². The fourth-order valence-electron chi connectivity index (χ4n) is 2.82. The van der Waals surface area contributed by atoms with Gasteiger partial charge < -0.3 is 11.1 Å². The van der Waals surface area contributed by atoms with E-state index in [0.29, 0.717) is 16.7 Å². The summed E-state index contributed by atoms with van der Waals surface area (Å²) < 4.78 is 0. The minimum Gasteiger partial charge on any atom is -0.397 e. The van der Waals surface area contributed by atoms with Gasteiger partial charge in [-0.05, 0) is 35.3 Å². The SMILES string of the molecule is Cc1cc(N)cnc1NCC1C(C)(C)C1(C)C. The molecule has 3 heteroatoms. The van der Waals surface area contributed by atoms with Gasteiger partial charge in [0.25, 0.3) is 0 Å². The molecule has 1 fully saturated rings. The van der Waals surface area contributed by atoms with E-state index in [0.717, 1.165) is 23.6 Å². The first-order valence-electron chi connectivity index (χ1n) is 6.23. The third-order valence-corrected chi connectivity index (χ3v) is 4.89. The number of nitrogen functional groups attached to an aromatic ring is 1. The Morgan fingerprint density at radius 2 is 1.88 bits per heavy atom. The number of hydrogen-bond donors (Lipinski definition) is 2. The molecule has 3 N–H and O–H groups in total. The minimum atomic E-state index is 0.418. The van der Waals surface area contributed by atoms with Gasteiger partial charge in [0.05, 0.1) is 11.9 Å². The maximum absolute atomic E-state index is 5.69. The van der Waals surface area contributed by atoms with Crippen molar-refractivity contribution < 1.29 is 0 Å². The molecular formula is C14H23N3. The van der Waals surface area contributed by atoms with Gasteiger partial charge in [0.1, 0.15) is 5.82 Å². The number of rotatable bonds is 3. The quantitative estimate of drug-likeness (QED) is 0.843. The van der Waals surface area contributed by atoms with Crippen LogP contribution in [-0.4, -0.2) is 11.5 Å². The molecule has 1 aliphatic carbocycles. The number of nitrogens with zero attached hydrogens (tertiary/aromatic N) is 1. The Morgan fingerprint density at radius 1 is 1.29 bits per heavy atom. The summed E-state index contributed by atoms with van der Waals surface area (Å²) in [5.74, 6) is 1.66. The molecule has 3 nitrogen and oxygen atoms in total. The van der Waals surface area contributed by atoms with Crippen LogP contribution in [0, 0.1) is 23.7 Å². The summed E-state index contributed by atoms with van der Waals surface area (Å²) in [6.45, 7) is 12.4. The van der Waals surface area contributed by atoms with E-state index >= 15 is 0 Å². The average Bonchev–Trinajstić information content (AvgIpc) is 2.58. The number of anilines is 2. The van der Waals surface area contributed by atoms with Gasteiger partial charge in [-0.15, -0.1) is 0 Å². The second-order valence-electron chi connectivity index (χ2n) is 6.31. The van der Waals surface area contributed by atoms with Crippen molar-refractivity contribution >= 4 is 11.5 Å². The zero-order valence-electron chi connectivity index (χ0n) is 11.5. The monoisotopic (exact) mass is 233 g/mol. The van der Waals surface area contributed by atoms with Gasteiger partial charge in [-0.2, -0.15) is 0 Å². The van der Waals surface area contributed by atoms with Crippen LogP contribution in [-0.2, 0) is 0 Å². The topological polar surface area (TPSA) is 50.9 Å². The molecule has 17 heavy (non-hydrogen) atoms. The van der Waals surface area contributed by atoms with Crippen LogP contribution in [0.4, 0.5) is 11.5 Å². The molecular weight excluding hydrogens is 210 g/mol. The van der Waals surface area contributed by atoms with E-state index in [9.17, 15) is 0 Å². The number of hydrogen-bond acceptors (Lipinski definition) is 3. The minimum absolute atomic E-state index is 0.418. The largest absolute Gasteiger partial charge is 0.397 e. The van der Waals surface area contributed by atoms with Crippen LogP contribution in [0.1, 0.15) is 33.3 Å². The summed E-state index contributed by atoms with van der Waals surface area (Å²) in [5.41, 5.74) is 8.36. The van der Waals surface area contributed by atoms with E-state index in [1.807, 2.05) is 13.0 Å². The summed E-state index contributed by atoms with van der Waals surface area (Å²) in [7, 11) is 0. The Hall–Kier alpha value is -1.25. The van der Waals surface area contributed by atoms with Crippen LogP contribution in [0.5, 0.6) is 0 Å². The van der Waals surface area contributed by atoms with Crippen molar-refractivity contribution in [3.8, 4) is 0 Å². The van der Waals surface area contributed by atoms with Crippen LogP contribution in [0.15, 0.2) is 12.3 Å². The van der Waals surface area contributed by atoms with Gasteiger partial charge in [-0.25, -0.2) is 4.98 Å². The lowest BCUT2D eigenvalue weighted by Gasteiger charge is -2.09. The molecule has 0 spiro atoms. The lowest BCUT2D eigenvalue weighted by molar-refractivity contribution is 0.457. The Balaban J connectivity index is 2.00. The summed E-state index contributed by atoms with van der Waals surface area (Å²) in [5, 5.41) is 3.45. The van der Waals surface area contributed by atoms with Crippen molar-refractivity contribution in [2.75, 3.05) is 17.6 Å². The highest BCUT2D eigenvalue weighted by atomic mass is 15.0. The molecule has 2 rings (SSSR count). The van der Waals surface area contributed by atoms with Gasteiger partial charge in [0.2, 0.25) is 0 Å². The van der Waals surface area contributed by atoms with Gasteiger partial charge in [0.15, 0.2) is 0 Å². The molecule has 0 radical (unpaired) electrons. The zero-order chi connectivity index (χ0) is 12.8. The maximum atomic E-state index is 5.69. The Kier molecular flexibility index (Phi) is 2.60. The van der Waals surface area contributed by atoms with E-state index in [4.69, 9.17) is 5.73 Å². The average molecular weight is 233 g/mol. The predicted molar refractivity (Wildman–Crippen MR) is 72.9 cm³/mol. The molecule has 1 aliphatic rings. The molecule has 0 unspecified atom stereocenters. The first kappa shape index (κ1) is 12.2.